The summed E-state index contributed by atoms with van der Waals surface area (Å²) >= 11 is 0. The molecule has 0 saturated heterocycles. The highest BCUT2D eigenvalue weighted by molar-refractivity contribution is 5.22. The minimum Gasteiger partial charge on any atom is -0.336 e. The van der Waals surface area contributed by atoms with Crippen LogP contribution in [0, 0.1) is 0 Å². The molecule has 0 saturated carbocycles. The fourth-order valence-corrected chi connectivity index (χ4v) is 1.66. The SMILES string of the molecule is CNC(c1ccncc1)c1nccn1C. The van der Waals surface area contributed by atoms with E-state index in [2.05, 4.69) is 15.3 Å². The molecule has 4 nitrogen and oxygen atoms in total. The monoisotopic (exact) mass is 202 g/mol. The van der Waals surface area contributed by atoms with Crippen molar-refractivity contribution in [1.29, 1.82) is 0 Å². The highest BCUT2D eigenvalue weighted by Crippen LogP contribution is 2.18. The molecule has 0 spiro atoms. The zero-order valence-electron chi connectivity index (χ0n) is 8.88. The standard InChI is InChI=1S/C11H14N4/c1-12-10(9-3-5-13-6-4-9)11-14-7-8-15(11)2/h3-8,10,12H,1-2H3. The average Bonchev–Trinajstić information content (AvgIpc) is 2.68. The lowest BCUT2D eigenvalue weighted by atomic mass is 10.1. The van der Waals surface area contributed by atoms with Crippen molar-refractivity contribution in [2.75, 3.05) is 7.05 Å². The molecule has 4 heteroatoms. The molecular formula is C11H14N4. The molecule has 1 unspecified atom stereocenters. The molecule has 1 N–H and O–H groups in total. The fraction of sp³-hybridized carbons (Fsp3) is 0.273. The van der Waals surface area contributed by atoms with Crippen molar-refractivity contribution in [3.05, 3.63) is 48.3 Å². The molecule has 78 valence electrons. The van der Waals surface area contributed by atoms with Crippen molar-refractivity contribution in [1.82, 2.24) is 19.9 Å². The van der Waals surface area contributed by atoms with Crippen molar-refractivity contribution in [2.45, 2.75) is 6.04 Å². The molecular weight excluding hydrogens is 188 g/mol. The van der Waals surface area contributed by atoms with E-state index in [0.29, 0.717) is 0 Å². The molecule has 2 rings (SSSR count). The van der Waals surface area contributed by atoms with Crippen LogP contribution in [0.5, 0.6) is 0 Å². The lowest BCUT2D eigenvalue weighted by Gasteiger charge is -2.15. The van der Waals surface area contributed by atoms with Crippen LogP contribution in [-0.2, 0) is 7.05 Å². The summed E-state index contributed by atoms with van der Waals surface area (Å²) < 4.78 is 2.02. The minimum atomic E-state index is 0.119. The maximum absolute atomic E-state index is 4.34. The Morgan fingerprint density at radius 3 is 2.53 bits per heavy atom. The normalized spacial score (nSPS) is 12.7. The summed E-state index contributed by atoms with van der Waals surface area (Å²) in [4.78, 5) is 8.35. The van der Waals surface area contributed by atoms with E-state index in [4.69, 9.17) is 0 Å². The smallest absolute Gasteiger partial charge is 0.130 e. The molecule has 0 fully saturated rings. The van der Waals surface area contributed by atoms with Crippen LogP contribution in [0.1, 0.15) is 17.4 Å². The van der Waals surface area contributed by atoms with Gasteiger partial charge in [0.2, 0.25) is 0 Å². The molecule has 2 aromatic heterocycles. The second-order valence-corrected chi connectivity index (χ2v) is 3.40. The third kappa shape index (κ3) is 1.89. The summed E-state index contributed by atoms with van der Waals surface area (Å²) in [5.41, 5.74) is 1.17. The molecule has 0 aliphatic rings. The van der Waals surface area contributed by atoms with Crippen molar-refractivity contribution in [3.8, 4) is 0 Å². The van der Waals surface area contributed by atoms with Crippen LogP contribution in [0.15, 0.2) is 36.9 Å². The van der Waals surface area contributed by atoms with E-state index in [9.17, 15) is 0 Å². The van der Waals surface area contributed by atoms with Crippen LogP contribution in [0.3, 0.4) is 0 Å². The summed E-state index contributed by atoms with van der Waals surface area (Å²) in [5, 5.41) is 3.25. The maximum Gasteiger partial charge on any atom is 0.130 e. The van der Waals surface area contributed by atoms with Crippen molar-refractivity contribution in [2.24, 2.45) is 7.05 Å². The first-order chi connectivity index (χ1) is 7.33. The Bertz CT molecular complexity index is 421. The number of rotatable bonds is 3. The van der Waals surface area contributed by atoms with Gasteiger partial charge in [0.25, 0.3) is 0 Å². The molecule has 0 aliphatic heterocycles. The van der Waals surface area contributed by atoms with Crippen molar-refractivity contribution in [3.63, 3.8) is 0 Å². The van der Waals surface area contributed by atoms with E-state index >= 15 is 0 Å². The highest BCUT2D eigenvalue weighted by atomic mass is 15.1. The number of hydrogen-bond donors (Lipinski definition) is 1. The van der Waals surface area contributed by atoms with Crippen molar-refractivity contribution >= 4 is 0 Å². The molecule has 0 radical (unpaired) electrons. The van der Waals surface area contributed by atoms with Gasteiger partial charge in [0.05, 0.1) is 6.04 Å². The van der Waals surface area contributed by atoms with Gasteiger partial charge in [-0.1, -0.05) is 0 Å². The number of imidazole rings is 1. The predicted molar refractivity (Wildman–Crippen MR) is 58.3 cm³/mol. The Balaban J connectivity index is 2.37. The van der Waals surface area contributed by atoms with Gasteiger partial charge in [0.15, 0.2) is 0 Å². The van der Waals surface area contributed by atoms with Crippen LogP contribution in [0.2, 0.25) is 0 Å². The Morgan fingerprint density at radius 1 is 1.27 bits per heavy atom. The number of nitrogens with one attached hydrogen (secondary N) is 1. The van der Waals surface area contributed by atoms with Crippen LogP contribution >= 0.6 is 0 Å². The first-order valence-corrected chi connectivity index (χ1v) is 4.87. The van der Waals surface area contributed by atoms with E-state index in [1.165, 1.54) is 5.56 Å². The molecule has 2 heterocycles. The zero-order valence-corrected chi connectivity index (χ0v) is 8.88. The number of pyridine rings is 1. The summed E-state index contributed by atoms with van der Waals surface area (Å²) in [6, 6.07) is 4.11. The van der Waals surface area contributed by atoms with E-state index in [1.807, 2.05) is 37.0 Å². The summed E-state index contributed by atoms with van der Waals surface area (Å²) in [6.07, 6.45) is 7.34. The Kier molecular flexibility index (Phi) is 2.78. The molecule has 0 bridgehead atoms. The number of aryl methyl sites for hydroxylation is 1. The molecule has 15 heavy (non-hydrogen) atoms. The van der Waals surface area contributed by atoms with Gasteiger partial charge in [-0.25, -0.2) is 4.98 Å². The second kappa shape index (κ2) is 4.23. The lowest BCUT2D eigenvalue weighted by molar-refractivity contribution is 0.616. The molecule has 0 amide bonds. The topological polar surface area (TPSA) is 42.7 Å². The molecule has 0 aliphatic carbocycles. The number of aromatic nitrogens is 3. The van der Waals surface area contributed by atoms with Crippen LogP contribution in [-0.4, -0.2) is 21.6 Å². The fourth-order valence-electron chi connectivity index (χ4n) is 1.66. The quantitative estimate of drug-likeness (QED) is 0.811. The Hall–Kier alpha value is -1.68. The molecule has 2 aromatic rings. The summed E-state index contributed by atoms with van der Waals surface area (Å²) in [7, 11) is 3.92. The molecule has 1 atom stereocenters. The summed E-state index contributed by atoms with van der Waals surface area (Å²) in [6.45, 7) is 0. The Labute approximate surface area is 89.0 Å². The zero-order chi connectivity index (χ0) is 10.7. The van der Waals surface area contributed by atoms with Gasteiger partial charge in [-0.15, -0.1) is 0 Å². The van der Waals surface area contributed by atoms with Gasteiger partial charge in [-0.05, 0) is 24.7 Å². The van der Waals surface area contributed by atoms with Gasteiger partial charge in [0.1, 0.15) is 5.82 Å². The van der Waals surface area contributed by atoms with Gasteiger partial charge < -0.3 is 9.88 Å². The predicted octanol–water partition coefficient (Wildman–Crippen LogP) is 1.12. The van der Waals surface area contributed by atoms with Gasteiger partial charge >= 0.3 is 0 Å². The first-order valence-electron chi connectivity index (χ1n) is 4.87. The van der Waals surface area contributed by atoms with Gasteiger partial charge in [0, 0.05) is 31.8 Å². The highest BCUT2D eigenvalue weighted by Gasteiger charge is 2.15. The van der Waals surface area contributed by atoms with E-state index in [-0.39, 0.29) is 6.04 Å². The number of nitrogens with zero attached hydrogens (tertiary/aromatic N) is 3. The van der Waals surface area contributed by atoms with Crippen LogP contribution < -0.4 is 5.32 Å². The third-order valence-corrected chi connectivity index (χ3v) is 2.44. The van der Waals surface area contributed by atoms with Gasteiger partial charge in [-0.2, -0.15) is 0 Å². The van der Waals surface area contributed by atoms with E-state index in [1.54, 1.807) is 18.6 Å². The van der Waals surface area contributed by atoms with Gasteiger partial charge in [-0.3, -0.25) is 4.98 Å². The minimum absolute atomic E-state index is 0.119. The van der Waals surface area contributed by atoms with E-state index < -0.39 is 0 Å². The first kappa shape index (κ1) is 9.86. The molecule has 0 aromatic carbocycles. The summed E-state index contributed by atoms with van der Waals surface area (Å²) in [5.74, 6) is 1.00. The maximum atomic E-state index is 4.34. The number of hydrogen-bond acceptors (Lipinski definition) is 3. The third-order valence-electron chi connectivity index (χ3n) is 2.44. The largest absolute Gasteiger partial charge is 0.336 e. The van der Waals surface area contributed by atoms with Crippen LogP contribution in [0.4, 0.5) is 0 Å². The Morgan fingerprint density at radius 2 is 2.00 bits per heavy atom. The average molecular weight is 202 g/mol. The lowest BCUT2D eigenvalue weighted by Crippen LogP contribution is -2.21. The van der Waals surface area contributed by atoms with Crippen molar-refractivity contribution < 1.29 is 0 Å². The van der Waals surface area contributed by atoms with Crippen LogP contribution in [0.25, 0.3) is 0 Å². The van der Waals surface area contributed by atoms with E-state index in [0.717, 1.165) is 5.82 Å². The second-order valence-electron chi connectivity index (χ2n) is 3.40.